The van der Waals surface area contributed by atoms with Crippen LogP contribution >= 0.6 is 0 Å². The molecule has 3 nitrogen and oxygen atoms in total. The van der Waals surface area contributed by atoms with Crippen LogP contribution in [-0.2, 0) is 4.74 Å². The molecule has 0 saturated heterocycles. The van der Waals surface area contributed by atoms with E-state index in [-0.39, 0.29) is 5.82 Å². The number of halogens is 1. The highest BCUT2D eigenvalue weighted by atomic mass is 19.1. The minimum atomic E-state index is -0.393. The van der Waals surface area contributed by atoms with Gasteiger partial charge < -0.3 is 9.72 Å². The van der Waals surface area contributed by atoms with Crippen LogP contribution in [0.4, 0.5) is 4.39 Å². The van der Waals surface area contributed by atoms with E-state index >= 15 is 0 Å². The normalized spacial score (nSPS) is 10.5. The lowest BCUT2D eigenvalue weighted by Crippen LogP contribution is -2.03. The predicted octanol–water partition coefficient (Wildman–Crippen LogP) is 2.48. The molecule has 0 spiro atoms. The van der Waals surface area contributed by atoms with Crippen molar-refractivity contribution in [1.29, 1.82) is 0 Å². The van der Waals surface area contributed by atoms with E-state index in [4.69, 9.17) is 4.74 Å². The highest BCUT2D eigenvalue weighted by molar-refractivity contribution is 6.03. The largest absolute Gasteiger partial charge is 0.462 e. The zero-order valence-electron chi connectivity index (χ0n) is 8.21. The molecule has 0 unspecified atom stereocenters. The van der Waals surface area contributed by atoms with E-state index in [1.165, 1.54) is 18.3 Å². The van der Waals surface area contributed by atoms with E-state index in [0.717, 1.165) is 0 Å². The molecule has 0 aliphatic heterocycles. The second-order valence-electron chi connectivity index (χ2n) is 3.11. The Kier molecular flexibility index (Phi) is 2.41. The summed E-state index contributed by atoms with van der Waals surface area (Å²) in [6.07, 6.45) is 1.53. The molecule has 0 aliphatic carbocycles. The molecule has 2 rings (SSSR count). The average Bonchev–Trinajstić information content (AvgIpc) is 2.60. The second-order valence-corrected chi connectivity index (χ2v) is 3.11. The summed E-state index contributed by atoms with van der Waals surface area (Å²) in [4.78, 5) is 14.3. The van der Waals surface area contributed by atoms with Gasteiger partial charge in [-0.3, -0.25) is 0 Å². The van der Waals surface area contributed by atoms with Crippen molar-refractivity contribution in [1.82, 2.24) is 4.98 Å². The molecule has 1 heterocycles. The summed E-state index contributed by atoms with van der Waals surface area (Å²) in [7, 11) is 0. The maximum Gasteiger partial charge on any atom is 0.340 e. The molecule has 0 amide bonds. The molecule has 0 bridgehead atoms. The molecule has 0 saturated carbocycles. The third kappa shape index (κ3) is 1.70. The van der Waals surface area contributed by atoms with Crippen LogP contribution in [0.2, 0.25) is 0 Å². The molecule has 15 heavy (non-hydrogen) atoms. The van der Waals surface area contributed by atoms with Gasteiger partial charge in [-0.05, 0) is 25.1 Å². The number of ether oxygens (including phenoxy) is 1. The molecule has 2 aromatic rings. The standard InChI is InChI=1S/C11H10FNO2/c1-2-15-11(14)9-6-13-10-5-7(12)3-4-8(9)10/h3-6,13H,2H2,1H3. The van der Waals surface area contributed by atoms with E-state index in [0.29, 0.717) is 23.1 Å². The first-order chi connectivity index (χ1) is 7.22. The molecule has 0 atom stereocenters. The number of aromatic nitrogens is 1. The van der Waals surface area contributed by atoms with E-state index < -0.39 is 5.97 Å². The molecule has 0 radical (unpaired) electrons. The fourth-order valence-electron chi connectivity index (χ4n) is 1.48. The van der Waals surface area contributed by atoms with Crippen LogP contribution in [0.15, 0.2) is 24.4 Å². The molecular weight excluding hydrogens is 197 g/mol. The number of rotatable bonds is 2. The van der Waals surface area contributed by atoms with E-state index in [2.05, 4.69) is 4.98 Å². The minimum absolute atomic E-state index is 0.326. The molecular formula is C11H10FNO2. The number of fused-ring (bicyclic) bond motifs is 1. The first kappa shape index (κ1) is 9.71. The average molecular weight is 207 g/mol. The summed E-state index contributed by atoms with van der Waals surface area (Å²) in [5.41, 5.74) is 1.03. The number of hydrogen-bond donors (Lipinski definition) is 1. The Morgan fingerprint density at radius 1 is 1.53 bits per heavy atom. The lowest BCUT2D eigenvalue weighted by molar-refractivity contribution is 0.0529. The van der Waals surface area contributed by atoms with Gasteiger partial charge in [0.2, 0.25) is 0 Å². The fourth-order valence-corrected chi connectivity index (χ4v) is 1.48. The van der Waals surface area contributed by atoms with Gasteiger partial charge in [-0.15, -0.1) is 0 Å². The van der Waals surface area contributed by atoms with E-state index in [1.54, 1.807) is 13.0 Å². The smallest absolute Gasteiger partial charge is 0.340 e. The number of carbonyl (C=O) groups is 1. The molecule has 1 aromatic heterocycles. The predicted molar refractivity (Wildman–Crippen MR) is 54.2 cm³/mol. The Hall–Kier alpha value is -1.84. The van der Waals surface area contributed by atoms with Crippen LogP contribution in [0.1, 0.15) is 17.3 Å². The van der Waals surface area contributed by atoms with Crippen LogP contribution in [0.5, 0.6) is 0 Å². The zero-order chi connectivity index (χ0) is 10.8. The summed E-state index contributed by atoms with van der Waals surface area (Å²) < 4.78 is 17.7. The van der Waals surface area contributed by atoms with Crippen LogP contribution in [0.3, 0.4) is 0 Å². The molecule has 0 aliphatic rings. The van der Waals surface area contributed by atoms with Gasteiger partial charge in [0.15, 0.2) is 0 Å². The quantitative estimate of drug-likeness (QED) is 0.768. The molecule has 0 fully saturated rings. The third-order valence-electron chi connectivity index (χ3n) is 2.14. The third-order valence-corrected chi connectivity index (χ3v) is 2.14. The Balaban J connectivity index is 2.49. The van der Waals surface area contributed by atoms with Crippen molar-refractivity contribution in [3.8, 4) is 0 Å². The van der Waals surface area contributed by atoms with Crippen LogP contribution < -0.4 is 0 Å². The SMILES string of the molecule is CCOC(=O)c1c[nH]c2cc(F)ccc12. The van der Waals surface area contributed by atoms with Crippen molar-refractivity contribution in [3.05, 3.63) is 35.8 Å². The van der Waals surface area contributed by atoms with Gasteiger partial charge in [-0.2, -0.15) is 0 Å². The maximum atomic E-state index is 12.9. The highest BCUT2D eigenvalue weighted by Gasteiger charge is 2.12. The zero-order valence-corrected chi connectivity index (χ0v) is 8.21. The number of nitrogens with one attached hydrogen (secondary N) is 1. The van der Waals surface area contributed by atoms with Gasteiger partial charge in [-0.1, -0.05) is 0 Å². The van der Waals surface area contributed by atoms with Gasteiger partial charge in [0.05, 0.1) is 12.2 Å². The van der Waals surface area contributed by atoms with Gasteiger partial charge in [0.25, 0.3) is 0 Å². The van der Waals surface area contributed by atoms with Crippen molar-refractivity contribution in [3.63, 3.8) is 0 Å². The summed E-state index contributed by atoms with van der Waals surface area (Å²) in [5, 5.41) is 0.676. The molecule has 78 valence electrons. The van der Waals surface area contributed by atoms with Crippen molar-refractivity contribution < 1.29 is 13.9 Å². The second kappa shape index (κ2) is 3.73. The number of aromatic amines is 1. The van der Waals surface area contributed by atoms with E-state index in [1.807, 2.05) is 0 Å². The first-order valence-corrected chi connectivity index (χ1v) is 4.66. The number of hydrogen-bond acceptors (Lipinski definition) is 2. The Morgan fingerprint density at radius 2 is 2.33 bits per heavy atom. The molecule has 1 N–H and O–H groups in total. The Morgan fingerprint density at radius 3 is 3.07 bits per heavy atom. The topological polar surface area (TPSA) is 42.1 Å². The van der Waals surface area contributed by atoms with Gasteiger partial charge in [-0.25, -0.2) is 9.18 Å². The van der Waals surface area contributed by atoms with E-state index in [9.17, 15) is 9.18 Å². The summed E-state index contributed by atoms with van der Waals surface area (Å²) in [6, 6.07) is 4.23. The molecule has 4 heteroatoms. The summed E-state index contributed by atoms with van der Waals surface area (Å²) in [5.74, 6) is -0.727. The Labute approximate surface area is 85.9 Å². The lowest BCUT2D eigenvalue weighted by atomic mass is 10.2. The van der Waals surface area contributed by atoms with Crippen molar-refractivity contribution in [2.75, 3.05) is 6.61 Å². The van der Waals surface area contributed by atoms with Crippen LogP contribution in [0.25, 0.3) is 10.9 Å². The fraction of sp³-hybridized carbons (Fsp3) is 0.182. The number of carbonyl (C=O) groups excluding carboxylic acids is 1. The number of H-pyrrole nitrogens is 1. The van der Waals surface area contributed by atoms with Crippen molar-refractivity contribution in [2.45, 2.75) is 6.92 Å². The summed E-state index contributed by atoms with van der Waals surface area (Å²) >= 11 is 0. The van der Waals surface area contributed by atoms with Crippen molar-refractivity contribution in [2.24, 2.45) is 0 Å². The minimum Gasteiger partial charge on any atom is -0.462 e. The monoisotopic (exact) mass is 207 g/mol. The van der Waals surface area contributed by atoms with Gasteiger partial charge >= 0.3 is 5.97 Å². The highest BCUT2D eigenvalue weighted by Crippen LogP contribution is 2.19. The number of benzene rings is 1. The Bertz CT molecular complexity index is 504. The van der Waals surface area contributed by atoms with Crippen LogP contribution in [-0.4, -0.2) is 17.6 Å². The molecule has 1 aromatic carbocycles. The van der Waals surface area contributed by atoms with Gasteiger partial charge in [0.1, 0.15) is 5.82 Å². The van der Waals surface area contributed by atoms with Crippen LogP contribution in [0, 0.1) is 5.82 Å². The van der Waals surface area contributed by atoms with Crippen molar-refractivity contribution >= 4 is 16.9 Å². The summed E-state index contributed by atoms with van der Waals surface area (Å²) in [6.45, 7) is 2.07. The maximum absolute atomic E-state index is 12.9. The number of esters is 1. The lowest BCUT2D eigenvalue weighted by Gasteiger charge is -1.99. The van der Waals surface area contributed by atoms with Gasteiger partial charge in [0, 0.05) is 17.1 Å². The first-order valence-electron chi connectivity index (χ1n) is 4.66.